The minimum atomic E-state index is -0.314. The van der Waals surface area contributed by atoms with Crippen molar-refractivity contribution in [1.29, 1.82) is 0 Å². The van der Waals surface area contributed by atoms with Crippen molar-refractivity contribution in [3.63, 3.8) is 0 Å². The Morgan fingerprint density at radius 1 is 0.218 bits per heavy atom. The molecule has 0 aliphatic rings. The summed E-state index contributed by atoms with van der Waals surface area (Å²) in [4.78, 5) is 47.2. The summed E-state index contributed by atoms with van der Waals surface area (Å²) in [6, 6.07) is 86.7. The minimum Gasteiger partial charge on any atom is -0.439 e. The van der Waals surface area contributed by atoms with Crippen molar-refractivity contribution in [3.8, 4) is 149 Å². The standard InChI is InChI=1S/C22H17FN4O2.C20H18FNO.2C19H17FN2O.2C17H14FN3O/c23-15-3-1-14(2-4-15)19-8-7-18(28-21-9-5-16(24)12-26-21)11-20(19)29-22-10-6-17(25)13-27-22;1-3-15-8-13-20(22-14(15)2)23-19-11-6-17(7-12-19)16-4-9-18(21)10-5-16;1-3-14-6-11-19(22-13(14)2)23-17-9-10-18(21-12-17)15-4-7-16(20)8-5-15;1-3-14-11-22-19(10-13(14)2)23-17-8-9-18(21-12-17)15-4-6-16(20)7-5-15;1-11-15(19)7-9-17(21-11)22-14-6-8-16(20-10-14)12-2-4-13(18)5-3-12;1-11-8-17(21-10-15(11)19)22-14-6-7-16(20-9-14)12-2-4-13(18)5-3-12/h1-13H,24-25H2;4-13H,3H2,1-2H3;2*4-12H,3H2,1-2H3;2*2-10H,19H2,1H3. The Balaban J connectivity index is 0.000000136. The second kappa shape index (κ2) is 48.5. The number of nitrogens with zero attached hydrogens (tertiary/aromatic N) is 11. The molecule has 0 bridgehead atoms. The van der Waals surface area contributed by atoms with Crippen molar-refractivity contribution in [2.45, 2.75) is 74.7 Å². The highest BCUT2D eigenvalue weighted by molar-refractivity contribution is 5.73. The normalized spacial score (nSPS) is 10.5. The van der Waals surface area contributed by atoms with Crippen molar-refractivity contribution >= 4 is 22.7 Å². The molecule has 11 aromatic heterocycles. The molecule has 142 heavy (non-hydrogen) atoms. The van der Waals surface area contributed by atoms with Crippen molar-refractivity contribution in [2.75, 3.05) is 22.9 Å². The van der Waals surface area contributed by atoms with Gasteiger partial charge in [-0.2, -0.15) is 0 Å². The van der Waals surface area contributed by atoms with Gasteiger partial charge in [0.2, 0.25) is 41.2 Å². The van der Waals surface area contributed by atoms with Crippen LogP contribution in [0, 0.1) is 69.5 Å². The van der Waals surface area contributed by atoms with Gasteiger partial charge in [0.25, 0.3) is 0 Å². The van der Waals surface area contributed by atoms with Gasteiger partial charge in [0.05, 0.1) is 94.6 Å². The number of halogens is 6. The molecule has 0 atom stereocenters. The maximum absolute atomic E-state index is 13.3. The molecule has 0 aliphatic carbocycles. The molecular formula is C114H97F6N15O7. The van der Waals surface area contributed by atoms with Crippen LogP contribution < -0.4 is 56.1 Å². The first-order valence-electron chi connectivity index (χ1n) is 44.9. The third-order valence-corrected chi connectivity index (χ3v) is 21.6. The first kappa shape index (κ1) is 99.7. The van der Waals surface area contributed by atoms with Gasteiger partial charge in [-0.15, -0.1) is 0 Å². The zero-order valence-electron chi connectivity index (χ0n) is 78.5. The van der Waals surface area contributed by atoms with Crippen molar-refractivity contribution in [1.82, 2.24) is 54.8 Å². The molecule has 0 saturated carbocycles. The number of nitrogen functional groups attached to an aromatic ring is 4. The largest absolute Gasteiger partial charge is 0.439 e. The molecule has 8 aromatic carbocycles. The smallest absolute Gasteiger partial charge is 0.219 e. The molecule has 19 aromatic rings. The molecule has 712 valence electrons. The summed E-state index contributed by atoms with van der Waals surface area (Å²) in [6.45, 7) is 16.0. The summed E-state index contributed by atoms with van der Waals surface area (Å²) < 4.78 is 118. The van der Waals surface area contributed by atoms with Crippen LogP contribution in [-0.2, 0) is 19.3 Å². The van der Waals surface area contributed by atoms with Gasteiger partial charge in [-0.05, 0) is 311 Å². The highest BCUT2D eigenvalue weighted by Gasteiger charge is 2.16. The molecule has 0 saturated heterocycles. The average Bonchev–Trinajstić information content (AvgIpc) is 0.808. The number of rotatable bonds is 23. The number of ether oxygens (including phenoxy) is 7. The van der Waals surface area contributed by atoms with Gasteiger partial charge in [0, 0.05) is 93.9 Å². The third kappa shape index (κ3) is 28.9. The molecule has 11 heterocycles. The first-order valence-corrected chi connectivity index (χ1v) is 44.9. The Morgan fingerprint density at radius 3 is 0.866 bits per heavy atom. The van der Waals surface area contributed by atoms with Gasteiger partial charge in [-0.25, -0.2) is 61.2 Å². The molecular weight excluding hydrogens is 1810 g/mol. The minimum absolute atomic E-state index is 0.231. The van der Waals surface area contributed by atoms with Crippen molar-refractivity contribution < 1.29 is 59.5 Å². The van der Waals surface area contributed by atoms with E-state index in [1.165, 1.54) is 102 Å². The van der Waals surface area contributed by atoms with E-state index in [4.69, 9.17) is 56.1 Å². The van der Waals surface area contributed by atoms with Gasteiger partial charge in [-0.1, -0.05) is 69.3 Å². The molecule has 0 unspecified atom stereocenters. The van der Waals surface area contributed by atoms with Crippen LogP contribution in [-0.4, -0.2) is 54.8 Å². The fourth-order valence-electron chi connectivity index (χ4n) is 13.7. The molecule has 22 nitrogen and oxygen atoms in total. The molecule has 0 radical (unpaired) electrons. The predicted octanol–water partition coefficient (Wildman–Crippen LogP) is 28.4. The monoisotopic (exact) mass is 1900 g/mol. The second-order valence-corrected chi connectivity index (χ2v) is 31.8. The Bertz CT molecular complexity index is 6880. The lowest BCUT2D eigenvalue weighted by atomic mass is 10.0. The molecule has 0 spiro atoms. The lowest BCUT2D eigenvalue weighted by Gasteiger charge is -2.13. The lowest BCUT2D eigenvalue weighted by Crippen LogP contribution is -1.95. The van der Waals surface area contributed by atoms with E-state index in [1.807, 2.05) is 138 Å². The number of benzene rings is 8. The number of pyridine rings is 11. The Morgan fingerprint density at radius 2 is 0.521 bits per heavy atom. The number of anilines is 4. The van der Waals surface area contributed by atoms with Gasteiger partial charge >= 0.3 is 0 Å². The summed E-state index contributed by atoms with van der Waals surface area (Å²) in [5, 5.41) is 0. The fraction of sp³-hybridized carbons (Fsp3) is 0.0965. The molecule has 19 rings (SSSR count). The molecule has 8 N–H and O–H groups in total. The maximum Gasteiger partial charge on any atom is 0.219 e. The van der Waals surface area contributed by atoms with E-state index in [9.17, 15) is 26.3 Å². The molecule has 0 aliphatic heterocycles. The van der Waals surface area contributed by atoms with Gasteiger partial charge in [0.15, 0.2) is 0 Å². The van der Waals surface area contributed by atoms with Crippen molar-refractivity contribution in [3.05, 3.63) is 439 Å². The Kier molecular flexibility index (Phi) is 34.1. The van der Waals surface area contributed by atoms with Crippen LogP contribution in [0.2, 0.25) is 0 Å². The van der Waals surface area contributed by atoms with Crippen LogP contribution in [0.4, 0.5) is 49.1 Å². The quantitative estimate of drug-likeness (QED) is 0.0432. The lowest BCUT2D eigenvalue weighted by molar-refractivity contribution is 0.443. The predicted molar refractivity (Wildman–Crippen MR) is 542 cm³/mol. The zero-order valence-corrected chi connectivity index (χ0v) is 78.5. The second-order valence-electron chi connectivity index (χ2n) is 31.8. The number of aryl methyl sites for hydroxylation is 8. The fourth-order valence-corrected chi connectivity index (χ4v) is 13.7. The number of nitrogens with two attached hydrogens (primary N) is 4. The van der Waals surface area contributed by atoms with Gasteiger partial charge in [0.1, 0.15) is 75.1 Å². The Labute approximate surface area is 817 Å². The molecule has 28 heteroatoms. The van der Waals surface area contributed by atoms with Crippen molar-refractivity contribution in [2.24, 2.45) is 0 Å². The molecule has 0 amide bonds. The van der Waals surface area contributed by atoms with E-state index >= 15 is 0 Å². The number of hydrogen-bond acceptors (Lipinski definition) is 22. The molecule has 0 fully saturated rings. The summed E-state index contributed by atoms with van der Waals surface area (Å²) in [5.74, 6) is 5.88. The van der Waals surface area contributed by atoms with Crippen LogP contribution in [0.25, 0.3) is 67.3 Å². The maximum atomic E-state index is 13.3. The SMILES string of the molecule is CCc1ccc(Oc2ccc(-c3ccc(F)cc3)cc2)nc1C.CCc1ccc(Oc2ccc(-c3ccc(F)cc3)nc2)nc1C.CCc1cnc(Oc2ccc(-c3ccc(F)cc3)nc2)cc1C.Cc1cc(Oc2ccc(-c3ccc(F)cc3)nc2)ncc1N.Cc1nc(Oc2ccc(-c3ccc(F)cc3)nc2)ccc1N.Nc1ccc(Oc2ccc(-c3ccc(F)cc3)c(Oc3ccc(N)cn3)c2)nc1. The van der Waals surface area contributed by atoms with Crippen LogP contribution in [0.15, 0.2) is 359 Å². The first-order chi connectivity index (χ1) is 68.7. The third-order valence-electron chi connectivity index (χ3n) is 21.6. The van der Waals surface area contributed by atoms with E-state index < -0.39 is 0 Å². The van der Waals surface area contributed by atoms with Gasteiger partial charge < -0.3 is 56.1 Å². The average molecular weight is 1900 g/mol. The van der Waals surface area contributed by atoms with E-state index in [0.29, 0.717) is 104 Å². The zero-order chi connectivity index (χ0) is 100.0. The van der Waals surface area contributed by atoms with Crippen LogP contribution in [0.1, 0.15) is 65.7 Å². The highest BCUT2D eigenvalue weighted by atomic mass is 19.1. The summed E-state index contributed by atoms with van der Waals surface area (Å²) in [6.07, 6.45) is 15.8. The topological polar surface area (TPSA) is 310 Å². The van der Waals surface area contributed by atoms with Crippen LogP contribution >= 0.6 is 0 Å². The van der Waals surface area contributed by atoms with E-state index in [2.05, 4.69) is 75.6 Å². The van der Waals surface area contributed by atoms with Crippen LogP contribution in [0.5, 0.6) is 81.4 Å². The Hall–Kier alpha value is -18.2. The summed E-state index contributed by atoms with van der Waals surface area (Å²) >= 11 is 0. The van der Waals surface area contributed by atoms with E-state index in [-0.39, 0.29) is 34.9 Å². The number of aromatic nitrogens is 11. The van der Waals surface area contributed by atoms with Crippen LogP contribution in [0.3, 0.4) is 0 Å². The summed E-state index contributed by atoms with van der Waals surface area (Å²) in [7, 11) is 0. The summed E-state index contributed by atoms with van der Waals surface area (Å²) in [5.41, 5.74) is 43.4. The van der Waals surface area contributed by atoms with Gasteiger partial charge in [-0.3, -0.25) is 19.9 Å². The number of hydrogen-bond donors (Lipinski definition) is 4. The highest BCUT2D eigenvalue weighted by Crippen LogP contribution is 2.39. The van der Waals surface area contributed by atoms with E-state index in [1.54, 1.807) is 171 Å². The van der Waals surface area contributed by atoms with E-state index in [0.717, 1.165) is 115 Å².